The smallest absolute Gasteiger partial charge is 0.258 e. The Hall–Kier alpha value is -2.77. The third-order valence-corrected chi connectivity index (χ3v) is 5.35. The molecule has 0 aliphatic carbocycles. The molecule has 9 heteroatoms. The standard InChI is InChI=1S/C20H19Cl2N3O4/c1-29-16-8-3-2-5-12(16)20(28)25-10-9-23-19(27)15(25)11-17(26)24-14-7-4-6-13(21)18(14)22/h2-8,15H,9-11H2,1H3,(H,23,27)(H,24,26)/t15-/m1/s1. The molecule has 3 amide bonds. The fraction of sp³-hybridized carbons (Fsp3) is 0.250. The van der Waals surface area contributed by atoms with E-state index in [0.717, 1.165) is 0 Å². The monoisotopic (exact) mass is 435 g/mol. The largest absolute Gasteiger partial charge is 0.496 e. The minimum Gasteiger partial charge on any atom is -0.496 e. The summed E-state index contributed by atoms with van der Waals surface area (Å²) in [5.41, 5.74) is 0.663. The van der Waals surface area contributed by atoms with Crippen LogP contribution in [0.4, 0.5) is 5.69 Å². The first-order chi connectivity index (χ1) is 13.9. The van der Waals surface area contributed by atoms with Crippen LogP contribution in [0.1, 0.15) is 16.8 Å². The highest BCUT2D eigenvalue weighted by Crippen LogP contribution is 2.30. The van der Waals surface area contributed by atoms with Crippen molar-refractivity contribution >= 4 is 46.6 Å². The lowest BCUT2D eigenvalue weighted by molar-refractivity contribution is -0.131. The zero-order chi connectivity index (χ0) is 21.0. The molecule has 2 aromatic carbocycles. The number of anilines is 1. The summed E-state index contributed by atoms with van der Waals surface area (Å²) in [6.07, 6.45) is -0.227. The van der Waals surface area contributed by atoms with Crippen LogP contribution in [0.3, 0.4) is 0 Å². The quantitative estimate of drug-likeness (QED) is 0.755. The first-order valence-corrected chi connectivity index (χ1v) is 9.63. The van der Waals surface area contributed by atoms with Crippen LogP contribution < -0.4 is 15.4 Å². The molecule has 1 fully saturated rings. The van der Waals surface area contributed by atoms with Crippen LogP contribution in [-0.2, 0) is 9.59 Å². The molecular weight excluding hydrogens is 417 g/mol. The van der Waals surface area contributed by atoms with Gasteiger partial charge in [0, 0.05) is 13.1 Å². The zero-order valence-corrected chi connectivity index (χ0v) is 17.1. The second kappa shape index (κ2) is 9.15. The minimum atomic E-state index is -0.959. The maximum atomic E-state index is 13.1. The molecule has 0 spiro atoms. The fourth-order valence-corrected chi connectivity index (χ4v) is 3.46. The number of piperazine rings is 1. The number of hydrogen-bond acceptors (Lipinski definition) is 4. The summed E-state index contributed by atoms with van der Waals surface area (Å²) in [5.74, 6) is -0.839. The molecule has 0 aromatic heterocycles. The lowest BCUT2D eigenvalue weighted by Crippen LogP contribution is -2.58. The van der Waals surface area contributed by atoms with E-state index in [2.05, 4.69) is 10.6 Å². The minimum absolute atomic E-state index is 0.206. The van der Waals surface area contributed by atoms with Crippen LogP contribution in [0, 0.1) is 0 Å². The molecule has 1 aliphatic heterocycles. The van der Waals surface area contributed by atoms with Crippen LogP contribution >= 0.6 is 23.2 Å². The third kappa shape index (κ3) is 4.63. The van der Waals surface area contributed by atoms with Gasteiger partial charge in [-0.2, -0.15) is 0 Å². The third-order valence-electron chi connectivity index (χ3n) is 4.53. The van der Waals surface area contributed by atoms with Crippen LogP contribution in [0.5, 0.6) is 5.75 Å². The lowest BCUT2D eigenvalue weighted by atomic mass is 10.1. The Labute approximate surface area is 177 Å². The highest BCUT2D eigenvalue weighted by Gasteiger charge is 2.36. The van der Waals surface area contributed by atoms with Gasteiger partial charge < -0.3 is 20.3 Å². The van der Waals surface area contributed by atoms with Gasteiger partial charge in [-0.05, 0) is 24.3 Å². The zero-order valence-electron chi connectivity index (χ0n) is 15.6. The van der Waals surface area contributed by atoms with Gasteiger partial charge >= 0.3 is 0 Å². The van der Waals surface area contributed by atoms with Crippen molar-refractivity contribution < 1.29 is 19.1 Å². The van der Waals surface area contributed by atoms with Crippen molar-refractivity contribution in [1.82, 2.24) is 10.2 Å². The average molecular weight is 436 g/mol. The Kier molecular flexibility index (Phi) is 6.61. The number of methoxy groups -OCH3 is 1. The van der Waals surface area contributed by atoms with Gasteiger partial charge in [-0.1, -0.05) is 41.4 Å². The van der Waals surface area contributed by atoms with E-state index in [1.165, 1.54) is 12.0 Å². The first kappa shape index (κ1) is 21.0. The number of nitrogens with zero attached hydrogens (tertiary/aromatic N) is 1. The summed E-state index contributed by atoms with van der Waals surface area (Å²) in [7, 11) is 1.47. The van der Waals surface area contributed by atoms with Gasteiger partial charge in [0.05, 0.1) is 34.8 Å². The van der Waals surface area contributed by atoms with Crippen molar-refractivity contribution in [2.75, 3.05) is 25.5 Å². The number of halogens is 2. The van der Waals surface area contributed by atoms with Crippen LogP contribution in [0.15, 0.2) is 42.5 Å². The van der Waals surface area contributed by atoms with E-state index in [1.54, 1.807) is 42.5 Å². The Morgan fingerprint density at radius 2 is 1.97 bits per heavy atom. The number of rotatable bonds is 5. The van der Waals surface area contributed by atoms with Gasteiger partial charge in [0.25, 0.3) is 5.91 Å². The molecule has 1 saturated heterocycles. The first-order valence-electron chi connectivity index (χ1n) is 8.88. The average Bonchev–Trinajstić information content (AvgIpc) is 2.72. The molecule has 152 valence electrons. The summed E-state index contributed by atoms with van der Waals surface area (Å²) in [6, 6.07) is 10.6. The van der Waals surface area contributed by atoms with E-state index >= 15 is 0 Å². The molecule has 29 heavy (non-hydrogen) atoms. The summed E-state index contributed by atoms with van der Waals surface area (Å²) in [5, 5.41) is 5.84. The van der Waals surface area contributed by atoms with Crippen LogP contribution in [0.25, 0.3) is 0 Å². The van der Waals surface area contributed by atoms with Crippen molar-refractivity contribution in [3.63, 3.8) is 0 Å². The Bertz CT molecular complexity index is 951. The molecule has 1 atom stereocenters. The molecule has 3 rings (SSSR count). The van der Waals surface area contributed by atoms with Gasteiger partial charge in [0.2, 0.25) is 11.8 Å². The molecule has 0 unspecified atom stereocenters. The molecule has 2 N–H and O–H groups in total. The molecule has 1 aliphatic rings. The van der Waals surface area contributed by atoms with Crippen LogP contribution in [0.2, 0.25) is 10.0 Å². The molecule has 2 aromatic rings. The van der Waals surface area contributed by atoms with Crippen molar-refractivity contribution in [1.29, 1.82) is 0 Å². The number of ether oxygens (including phenoxy) is 1. The van der Waals surface area contributed by atoms with E-state index in [1.807, 2.05) is 0 Å². The highest BCUT2D eigenvalue weighted by molar-refractivity contribution is 6.44. The summed E-state index contributed by atoms with van der Waals surface area (Å²) >= 11 is 12.1. The van der Waals surface area contributed by atoms with Crippen molar-refractivity contribution in [3.8, 4) is 5.75 Å². The summed E-state index contributed by atoms with van der Waals surface area (Å²) in [6.45, 7) is 0.580. The van der Waals surface area contributed by atoms with Crippen molar-refractivity contribution in [2.24, 2.45) is 0 Å². The lowest BCUT2D eigenvalue weighted by Gasteiger charge is -2.35. The Morgan fingerprint density at radius 3 is 2.72 bits per heavy atom. The number of amides is 3. The predicted molar refractivity (Wildman–Crippen MR) is 111 cm³/mol. The van der Waals surface area contributed by atoms with E-state index < -0.39 is 17.9 Å². The molecule has 0 radical (unpaired) electrons. The van der Waals surface area contributed by atoms with E-state index in [4.69, 9.17) is 27.9 Å². The van der Waals surface area contributed by atoms with E-state index in [0.29, 0.717) is 28.6 Å². The molecule has 7 nitrogen and oxygen atoms in total. The highest BCUT2D eigenvalue weighted by atomic mass is 35.5. The van der Waals surface area contributed by atoms with E-state index in [-0.39, 0.29) is 23.9 Å². The summed E-state index contributed by atoms with van der Waals surface area (Å²) < 4.78 is 5.25. The molecular formula is C20H19Cl2N3O4. The number of nitrogens with one attached hydrogen (secondary N) is 2. The maximum absolute atomic E-state index is 13.1. The fourth-order valence-electron chi connectivity index (χ4n) is 3.11. The predicted octanol–water partition coefficient (Wildman–Crippen LogP) is 2.97. The van der Waals surface area contributed by atoms with E-state index in [9.17, 15) is 14.4 Å². The Morgan fingerprint density at radius 1 is 1.21 bits per heavy atom. The second-order valence-electron chi connectivity index (χ2n) is 6.36. The molecule has 0 bridgehead atoms. The second-order valence-corrected chi connectivity index (χ2v) is 7.14. The van der Waals surface area contributed by atoms with Crippen molar-refractivity contribution in [2.45, 2.75) is 12.5 Å². The van der Waals surface area contributed by atoms with Gasteiger partial charge in [-0.3, -0.25) is 14.4 Å². The topological polar surface area (TPSA) is 87.7 Å². The number of benzene rings is 2. The van der Waals surface area contributed by atoms with Crippen LogP contribution in [-0.4, -0.2) is 48.9 Å². The van der Waals surface area contributed by atoms with Gasteiger partial charge in [-0.15, -0.1) is 0 Å². The number of carbonyl (C=O) groups is 3. The molecule has 0 saturated carbocycles. The normalized spacial score (nSPS) is 16.2. The van der Waals surface area contributed by atoms with Gasteiger partial charge in [0.15, 0.2) is 0 Å². The summed E-state index contributed by atoms with van der Waals surface area (Å²) in [4.78, 5) is 39.5. The maximum Gasteiger partial charge on any atom is 0.258 e. The number of carbonyl (C=O) groups excluding carboxylic acids is 3. The van der Waals surface area contributed by atoms with Crippen molar-refractivity contribution in [3.05, 3.63) is 58.1 Å². The number of para-hydroxylation sites is 1. The van der Waals surface area contributed by atoms with Gasteiger partial charge in [0.1, 0.15) is 11.8 Å². The Balaban J connectivity index is 1.79. The molecule has 1 heterocycles. The SMILES string of the molecule is COc1ccccc1C(=O)N1CCNC(=O)[C@H]1CC(=O)Nc1cccc(Cl)c1Cl. The number of hydrogen-bond donors (Lipinski definition) is 2. The van der Waals surface area contributed by atoms with Gasteiger partial charge in [-0.25, -0.2) is 0 Å².